The maximum absolute atomic E-state index is 12.7. The number of nitrogens with one attached hydrogen (secondary N) is 1. The molecule has 0 fully saturated rings. The van der Waals surface area contributed by atoms with Gasteiger partial charge in [-0.3, -0.25) is 4.98 Å². The lowest BCUT2D eigenvalue weighted by atomic mass is 10.0. The van der Waals surface area contributed by atoms with E-state index in [4.69, 9.17) is 0 Å². The van der Waals surface area contributed by atoms with Crippen molar-refractivity contribution in [2.45, 2.75) is 32.1 Å². The van der Waals surface area contributed by atoms with Gasteiger partial charge in [0.2, 0.25) is 0 Å². The molecule has 2 aromatic rings. The van der Waals surface area contributed by atoms with Gasteiger partial charge in [0.15, 0.2) is 0 Å². The minimum atomic E-state index is -4.31. The van der Waals surface area contributed by atoms with Gasteiger partial charge < -0.3 is 5.32 Å². The third-order valence-corrected chi connectivity index (χ3v) is 3.40. The molecule has 1 N–H and O–H groups in total. The van der Waals surface area contributed by atoms with Crippen molar-refractivity contribution in [2.24, 2.45) is 0 Å². The van der Waals surface area contributed by atoms with E-state index in [9.17, 15) is 13.2 Å². The van der Waals surface area contributed by atoms with Crippen LogP contribution in [0, 0.1) is 0 Å². The summed E-state index contributed by atoms with van der Waals surface area (Å²) in [7, 11) is 0. The molecule has 0 saturated heterocycles. The first-order chi connectivity index (χ1) is 9.88. The van der Waals surface area contributed by atoms with Gasteiger partial charge in [0.25, 0.3) is 0 Å². The molecule has 5 heteroatoms. The molecular formula is C16H17F3N2. The van der Waals surface area contributed by atoms with Crippen molar-refractivity contribution in [2.75, 3.05) is 0 Å². The molecular weight excluding hydrogens is 277 g/mol. The van der Waals surface area contributed by atoms with Crippen molar-refractivity contribution >= 4 is 0 Å². The summed E-state index contributed by atoms with van der Waals surface area (Å²) in [6, 6.07) is 8.99. The second-order valence-corrected chi connectivity index (χ2v) is 5.02. The summed E-state index contributed by atoms with van der Waals surface area (Å²) in [6.07, 6.45) is -0.881. The number of pyridine rings is 1. The molecule has 0 spiro atoms. The molecule has 0 saturated carbocycles. The lowest BCUT2D eigenvalue weighted by molar-refractivity contribution is -0.137. The van der Waals surface area contributed by atoms with Crippen LogP contribution in [0.25, 0.3) is 0 Å². The van der Waals surface area contributed by atoms with Crippen LogP contribution in [-0.4, -0.2) is 4.98 Å². The van der Waals surface area contributed by atoms with Crippen LogP contribution in [0.1, 0.15) is 42.6 Å². The SMILES string of the molecule is CC(N[C@H](C)c1cccnc1)c1cccc(C(F)(F)F)c1. The number of nitrogens with zero attached hydrogens (tertiary/aromatic N) is 1. The van der Waals surface area contributed by atoms with Crippen molar-refractivity contribution in [3.63, 3.8) is 0 Å². The highest BCUT2D eigenvalue weighted by atomic mass is 19.4. The molecule has 0 aliphatic rings. The predicted molar refractivity (Wildman–Crippen MR) is 75.6 cm³/mol. The summed E-state index contributed by atoms with van der Waals surface area (Å²) in [5, 5.41) is 3.28. The second-order valence-electron chi connectivity index (χ2n) is 5.02. The van der Waals surface area contributed by atoms with E-state index >= 15 is 0 Å². The van der Waals surface area contributed by atoms with E-state index in [-0.39, 0.29) is 12.1 Å². The number of hydrogen-bond acceptors (Lipinski definition) is 2. The van der Waals surface area contributed by atoms with Gasteiger partial charge in [-0.1, -0.05) is 18.2 Å². The monoisotopic (exact) mass is 294 g/mol. The highest BCUT2D eigenvalue weighted by molar-refractivity contribution is 5.28. The Morgan fingerprint density at radius 1 is 1.00 bits per heavy atom. The third-order valence-electron chi connectivity index (χ3n) is 3.40. The first-order valence-electron chi connectivity index (χ1n) is 6.71. The van der Waals surface area contributed by atoms with Crippen molar-refractivity contribution in [1.29, 1.82) is 0 Å². The largest absolute Gasteiger partial charge is 0.416 e. The summed E-state index contributed by atoms with van der Waals surface area (Å²) < 4.78 is 38.2. The summed E-state index contributed by atoms with van der Waals surface area (Å²) in [6.45, 7) is 3.81. The van der Waals surface area contributed by atoms with E-state index < -0.39 is 11.7 Å². The summed E-state index contributed by atoms with van der Waals surface area (Å²) in [4.78, 5) is 4.04. The van der Waals surface area contributed by atoms with Crippen molar-refractivity contribution < 1.29 is 13.2 Å². The number of hydrogen-bond donors (Lipinski definition) is 1. The fraction of sp³-hybridized carbons (Fsp3) is 0.312. The van der Waals surface area contributed by atoms with E-state index in [0.29, 0.717) is 5.56 Å². The van der Waals surface area contributed by atoms with E-state index in [1.807, 2.05) is 26.0 Å². The van der Waals surface area contributed by atoms with Crippen LogP contribution in [0.2, 0.25) is 0 Å². The van der Waals surface area contributed by atoms with Gasteiger partial charge in [-0.15, -0.1) is 0 Å². The quantitative estimate of drug-likeness (QED) is 0.897. The Bertz CT molecular complexity index is 582. The number of rotatable bonds is 4. The van der Waals surface area contributed by atoms with E-state index in [2.05, 4.69) is 10.3 Å². The molecule has 2 rings (SSSR count). The van der Waals surface area contributed by atoms with Gasteiger partial charge in [0.1, 0.15) is 0 Å². The molecule has 0 amide bonds. The molecule has 2 atom stereocenters. The van der Waals surface area contributed by atoms with Crippen LogP contribution >= 0.6 is 0 Å². The summed E-state index contributed by atoms with van der Waals surface area (Å²) >= 11 is 0. The molecule has 0 radical (unpaired) electrons. The fourth-order valence-corrected chi connectivity index (χ4v) is 2.18. The predicted octanol–water partition coefficient (Wildman–Crippen LogP) is 4.51. The molecule has 0 bridgehead atoms. The van der Waals surface area contributed by atoms with Gasteiger partial charge in [0, 0.05) is 24.5 Å². The zero-order valence-corrected chi connectivity index (χ0v) is 11.9. The Labute approximate surface area is 122 Å². The van der Waals surface area contributed by atoms with Crippen molar-refractivity contribution in [1.82, 2.24) is 10.3 Å². The fourth-order valence-electron chi connectivity index (χ4n) is 2.18. The van der Waals surface area contributed by atoms with Crippen molar-refractivity contribution in [3.8, 4) is 0 Å². The van der Waals surface area contributed by atoms with Gasteiger partial charge in [-0.2, -0.15) is 13.2 Å². The first kappa shape index (κ1) is 15.5. The highest BCUT2D eigenvalue weighted by Gasteiger charge is 2.30. The van der Waals surface area contributed by atoms with E-state index in [0.717, 1.165) is 11.6 Å². The maximum atomic E-state index is 12.7. The maximum Gasteiger partial charge on any atom is 0.416 e. The second kappa shape index (κ2) is 6.26. The van der Waals surface area contributed by atoms with E-state index in [1.165, 1.54) is 12.1 Å². The number of halogens is 3. The molecule has 112 valence electrons. The summed E-state index contributed by atoms with van der Waals surface area (Å²) in [5.74, 6) is 0. The van der Waals surface area contributed by atoms with E-state index in [1.54, 1.807) is 18.5 Å². The Morgan fingerprint density at radius 2 is 1.67 bits per heavy atom. The standard InChI is InChI=1S/C16H17F3N2/c1-11(21-12(2)14-6-4-8-20-10-14)13-5-3-7-15(9-13)16(17,18)19/h3-12,21H,1-2H3/t11?,12-/m1/s1. The average Bonchev–Trinajstić information content (AvgIpc) is 2.47. The molecule has 21 heavy (non-hydrogen) atoms. The topological polar surface area (TPSA) is 24.9 Å². The first-order valence-corrected chi connectivity index (χ1v) is 6.71. The van der Waals surface area contributed by atoms with Crippen LogP contribution in [0.3, 0.4) is 0 Å². The summed E-state index contributed by atoms with van der Waals surface area (Å²) in [5.41, 5.74) is 0.986. The lowest BCUT2D eigenvalue weighted by Crippen LogP contribution is -2.23. The third kappa shape index (κ3) is 4.04. The molecule has 1 aromatic carbocycles. The Morgan fingerprint density at radius 3 is 2.29 bits per heavy atom. The average molecular weight is 294 g/mol. The van der Waals surface area contributed by atoms with Gasteiger partial charge >= 0.3 is 6.18 Å². The van der Waals surface area contributed by atoms with Gasteiger partial charge in [0.05, 0.1) is 5.56 Å². The normalized spacial score (nSPS) is 14.7. The van der Waals surface area contributed by atoms with Crippen LogP contribution in [-0.2, 0) is 6.18 Å². The van der Waals surface area contributed by atoms with Gasteiger partial charge in [-0.05, 0) is 43.2 Å². The molecule has 0 aliphatic carbocycles. The molecule has 2 nitrogen and oxygen atoms in total. The lowest BCUT2D eigenvalue weighted by Gasteiger charge is -2.21. The highest BCUT2D eigenvalue weighted by Crippen LogP contribution is 2.31. The molecule has 1 unspecified atom stereocenters. The Balaban J connectivity index is 2.12. The van der Waals surface area contributed by atoms with Crippen LogP contribution < -0.4 is 5.32 Å². The van der Waals surface area contributed by atoms with Crippen LogP contribution in [0.15, 0.2) is 48.8 Å². The Hall–Kier alpha value is -1.88. The Kier molecular flexibility index (Phi) is 4.63. The van der Waals surface area contributed by atoms with Crippen LogP contribution in [0.5, 0.6) is 0 Å². The number of alkyl halides is 3. The molecule has 0 aliphatic heterocycles. The number of aromatic nitrogens is 1. The van der Waals surface area contributed by atoms with Gasteiger partial charge in [-0.25, -0.2) is 0 Å². The molecule has 1 aromatic heterocycles. The smallest absolute Gasteiger partial charge is 0.304 e. The molecule has 1 heterocycles. The minimum absolute atomic E-state index is 0.00300. The van der Waals surface area contributed by atoms with Crippen LogP contribution in [0.4, 0.5) is 13.2 Å². The van der Waals surface area contributed by atoms with Crippen molar-refractivity contribution in [3.05, 3.63) is 65.5 Å². The minimum Gasteiger partial charge on any atom is -0.304 e. The number of benzene rings is 1. The zero-order valence-electron chi connectivity index (χ0n) is 11.9. The zero-order chi connectivity index (χ0) is 15.5.